The van der Waals surface area contributed by atoms with Crippen LogP contribution in [0, 0.1) is 0 Å². The molecule has 0 saturated carbocycles. The van der Waals surface area contributed by atoms with Crippen LogP contribution < -0.4 is 9.80 Å². The number of anilines is 6. The summed E-state index contributed by atoms with van der Waals surface area (Å²) in [5.41, 5.74) is 12.6. The average Bonchev–Trinajstić information content (AvgIpc) is 3.67. The molecular formula is C58H39N3. The van der Waals surface area contributed by atoms with Gasteiger partial charge in [-0.3, -0.25) is 0 Å². The molecule has 12 rings (SSSR count). The van der Waals surface area contributed by atoms with Crippen LogP contribution in [0.3, 0.4) is 0 Å². The largest absolute Gasteiger partial charge is 0.310 e. The monoisotopic (exact) mass is 777 g/mol. The lowest BCUT2D eigenvalue weighted by atomic mass is 9.89. The van der Waals surface area contributed by atoms with E-state index in [9.17, 15) is 0 Å². The van der Waals surface area contributed by atoms with Gasteiger partial charge in [-0.25, -0.2) is 0 Å². The summed E-state index contributed by atoms with van der Waals surface area (Å²) in [5.74, 6) is 0. The molecule has 1 aromatic heterocycles. The molecule has 1 heterocycles. The third-order valence-electron chi connectivity index (χ3n) is 12.2. The second-order valence-corrected chi connectivity index (χ2v) is 15.7. The first-order valence-corrected chi connectivity index (χ1v) is 20.9. The predicted octanol–water partition coefficient (Wildman–Crippen LogP) is 16.3. The van der Waals surface area contributed by atoms with E-state index < -0.39 is 0 Å². The van der Waals surface area contributed by atoms with E-state index in [4.69, 9.17) is 0 Å². The zero-order chi connectivity index (χ0) is 40.3. The van der Waals surface area contributed by atoms with Crippen LogP contribution in [-0.4, -0.2) is 4.57 Å². The van der Waals surface area contributed by atoms with Gasteiger partial charge in [-0.2, -0.15) is 0 Å². The molecule has 0 amide bonds. The number of rotatable bonds is 8. The highest BCUT2D eigenvalue weighted by Crippen LogP contribution is 2.50. The summed E-state index contributed by atoms with van der Waals surface area (Å²) >= 11 is 0. The lowest BCUT2D eigenvalue weighted by Gasteiger charge is -2.32. The maximum atomic E-state index is 2.41. The van der Waals surface area contributed by atoms with Crippen molar-refractivity contribution in [3.63, 3.8) is 0 Å². The first-order chi connectivity index (χ1) is 30.3. The first kappa shape index (κ1) is 34.9. The molecule has 3 heteroatoms. The zero-order valence-electron chi connectivity index (χ0n) is 33.4. The van der Waals surface area contributed by atoms with E-state index in [1.807, 2.05) is 0 Å². The molecule has 0 spiro atoms. The summed E-state index contributed by atoms with van der Waals surface area (Å²) in [6.07, 6.45) is 0. The SMILES string of the molecule is c1ccc(N(c2ccccc2)c2cc(N(c3ccccc3)c3ccccc3)c3ccc4cc(-c5ccc6c(c5)c5ccccc5n6-c5ccccc5)cc5ccc2c3c54)cc1. The number of hydrogen-bond donors (Lipinski definition) is 0. The van der Waals surface area contributed by atoms with Crippen molar-refractivity contribution in [1.29, 1.82) is 0 Å². The van der Waals surface area contributed by atoms with E-state index in [1.165, 1.54) is 70.9 Å². The van der Waals surface area contributed by atoms with Crippen molar-refractivity contribution in [3.05, 3.63) is 237 Å². The third kappa shape index (κ3) is 5.74. The molecule has 12 aromatic rings. The van der Waals surface area contributed by atoms with Gasteiger partial charge in [-0.1, -0.05) is 140 Å². The molecule has 0 unspecified atom stereocenters. The van der Waals surface area contributed by atoms with E-state index in [-0.39, 0.29) is 0 Å². The number of hydrogen-bond acceptors (Lipinski definition) is 2. The number of nitrogens with zero attached hydrogens (tertiary/aromatic N) is 3. The molecule has 0 aliphatic carbocycles. The quantitative estimate of drug-likeness (QED) is 0.142. The molecule has 0 aliphatic rings. The van der Waals surface area contributed by atoms with Crippen LogP contribution in [0.5, 0.6) is 0 Å². The van der Waals surface area contributed by atoms with Crippen molar-refractivity contribution in [2.45, 2.75) is 0 Å². The van der Waals surface area contributed by atoms with E-state index in [0.29, 0.717) is 0 Å². The highest BCUT2D eigenvalue weighted by atomic mass is 15.2. The van der Waals surface area contributed by atoms with Crippen molar-refractivity contribution < 1.29 is 0 Å². The summed E-state index contributed by atoms with van der Waals surface area (Å²) in [6.45, 7) is 0. The van der Waals surface area contributed by atoms with Crippen LogP contribution in [0.4, 0.5) is 34.1 Å². The summed E-state index contributed by atoms with van der Waals surface area (Å²) in [5, 5.41) is 9.87. The Balaban J connectivity index is 1.13. The minimum atomic E-state index is 1.10. The second kappa shape index (κ2) is 14.3. The van der Waals surface area contributed by atoms with Crippen molar-refractivity contribution in [3.8, 4) is 16.8 Å². The van der Waals surface area contributed by atoms with Crippen LogP contribution in [0.25, 0.3) is 70.9 Å². The Bertz CT molecular complexity index is 3280. The molecule has 0 saturated heterocycles. The highest BCUT2D eigenvalue weighted by molar-refractivity contribution is 6.29. The Kier molecular flexibility index (Phi) is 8.17. The van der Waals surface area contributed by atoms with E-state index in [1.54, 1.807) is 0 Å². The molecule has 0 fully saturated rings. The van der Waals surface area contributed by atoms with Gasteiger partial charge in [0.2, 0.25) is 0 Å². The summed E-state index contributed by atoms with van der Waals surface area (Å²) in [4.78, 5) is 4.83. The predicted molar refractivity (Wildman–Crippen MR) is 259 cm³/mol. The molecule has 0 radical (unpaired) electrons. The minimum absolute atomic E-state index is 1.10. The fraction of sp³-hybridized carbons (Fsp3) is 0. The fourth-order valence-electron chi connectivity index (χ4n) is 9.59. The molecule has 0 bridgehead atoms. The van der Waals surface area contributed by atoms with Gasteiger partial charge in [0, 0.05) is 55.4 Å². The van der Waals surface area contributed by atoms with Crippen molar-refractivity contribution in [2.75, 3.05) is 9.80 Å². The van der Waals surface area contributed by atoms with Gasteiger partial charge >= 0.3 is 0 Å². The molecule has 0 atom stereocenters. The molecule has 11 aromatic carbocycles. The summed E-state index contributed by atoms with van der Waals surface area (Å²) < 4.78 is 2.38. The summed E-state index contributed by atoms with van der Waals surface area (Å²) in [6, 6.07) is 85.9. The van der Waals surface area contributed by atoms with Crippen LogP contribution in [0.15, 0.2) is 237 Å². The Labute approximate surface area is 354 Å². The lowest BCUT2D eigenvalue weighted by molar-refractivity contribution is 1.18. The van der Waals surface area contributed by atoms with Gasteiger partial charge in [0.1, 0.15) is 0 Å². The number of aromatic nitrogens is 1. The normalized spacial score (nSPS) is 11.6. The second-order valence-electron chi connectivity index (χ2n) is 15.7. The molecule has 61 heavy (non-hydrogen) atoms. The van der Waals surface area contributed by atoms with Crippen molar-refractivity contribution in [2.24, 2.45) is 0 Å². The Hall–Kier alpha value is -8.14. The van der Waals surface area contributed by atoms with Crippen molar-refractivity contribution in [1.82, 2.24) is 4.57 Å². The van der Waals surface area contributed by atoms with Gasteiger partial charge in [-0.15, -0.1) is 0 Å². The minimum Gasteiger partial charge on any atom is -0.310 e. The van der Waals surface area contributed by atoms with Gasteiger partial charge in [0.25, 0.3) is 0 Å². The van der Waals surface area contributed by atoms with E-state index >= 15 is 0 Å². The number of fused-ring (bicyclic) bond motifs is 3. The van der Waals surface area contributed by atoms with Crippen molar-refractivity contribution >= 4 is 88.2 Å². The maximum Gasteiger partial charge on any atom is 0.0561 e. The smallest absolute Gasteiger partial charge is 0.0561 e. The Morgan fingerprint density at radius 2 is 0.721 bits per heavy atom. The summed E-state index contributed by atoms with van der Waals surface area (Å²) in [7, 11) is 0. The Morgan fingerprint density at radius 1 is 0.279 bits per heavy atom. The molecule has 0 N–H and O–H groups in total. The maximum absolute atomic E-state index is 2.41. The van der Waals surface area contributed by atoms with E-state index in [2.05, 4.69) is 251 Å². The van der Waals surface area contributed by atoms with E-state index in [0.717, 1.165) is 34.1 Å². The van der Waals surface area contributed by atoms with Gasteiger partial charge in [0.15, 0.2) is 0 Å². The van der Waals surface area contributed by atoms with Crippen LogP contribution in [-0.2, 0) is 0 Å². The van der Waals surface area contributed by atoms with Crippen LogP contribution in [0.2, 0.25) is 0 Å². The molecule has 286 valence electrons. The zero-order valence-corrected chi connectivity index (χ0v) is 33.4. The topological polar surface area (TPSA) is 11.4 Å². The lowest BCUT2D eigenvalue weighted by Crippen LogP contribution is -2.14. The first-order valence-electron chi connectivity index (χ1n) is 20.9. The van der Waals surface area contributed by atoms with Crippen LogP contribution in [0.1, 0.15) is 0 Å². The number of para-hydroxylation sites is 6. The van der Waals surface area contributed by atoms with Gasteiger partial charge in [-0.05, 0) is 124 Å². The van der Waals surface area contributed by atoms with Gasteiger partial charge < -0.3 is 14.4 Å². The Morgan fingerprint density at radius 3 is 1.23 bits per heavy atom. The fourth-order valence-corrected chi connectivity index (χ4v) is 9.59. The van der Waals surface area contributed by atoms with Crippen LogP contribution >= 0.6 is 0 Å². The number of benzene rings is 11. The third-order valence-corrected chi connectivity index (χ3v) is 12.2. The molecule has 3 nitrogen and oxygen atoms in total. The highest BCUT2D eigenvalue weighted by Gasteiger charge is 2.25. The molecule has 0 aliphatic heterocycles. The molecular weight excluding hydrogens is 739 g/mol. The van der Waals surface area contributed by atoms with Gasteiger partial charge in [0.05, 0.1) is 22.4 Å². The average molecular weight is 778 g/mol. The standard InChI is InChI=1S/C58H39N3/c1-6-18-44(19-7-1)59(45-20-8-2-9-21-45)55-39-56(60(46-22-10-3-11-23-46)47-24-12-4-13-25-47)51-34-31-42-37-43(36-41-30-33-50(55)58(51)57(41)42)40-32-35-54-52(38-40)49-28-16-17-29-53(49)61(54)48-26-14-5-15-27-48/h1-39H.